The van der Waals surface area contributed by atoms with Gasteiger partial charge in [0.25, 0.3) is 0 Å². The van der Waals surface area contributed by atoms with Crippen LogP contribution in [-0.4, -0.2) is 40.7 Å². The molecule has 3 rings (SSSR count). The number of amides is 3. The largest absolute Gasteiger partial charge is 0.361 e. The second-order valence-corrected chi connectivity index (χ2v) is 8.98. The van der Waals surface area contributed by atoms with E-state index >= 15 is 0 Å². The van der Waals surface area contributed by atoms with E-state index in [2.05, 4.69) is 20.9 Å². The number of rotatable bonds is 11. The average Bonchev–Trinajstić information content (AvgIpc) is 3.24. The van der Waals surface area contributed by atoms with Crippen molar-refractivity contribution in [2.45, 2.75) is 45.3 Å². The number of halogens is 1. The number of nitrogens with one attached hydrogen (secondary N) is 4. The summed E-state index contributed by atoms with van der Waals surface area (Å²) >= 11 is 5.69. The molecular weight excluding hydrogens is 452 g/mol. The summed E-state index contributed by atoms with van der Waals surface area (Å²) in [7, 11) is 0. The predicted octanol–water partition coefficient (Wildman–Crippen LogP) is 3.28. The molecule has 0 aliphatic carbocycles. The van der Waals surface area contributed by atoms with Crippen molar-refractivity contribution in [2.24, 2.45) is 5.92 Å². The molecule has 2 atom stereocenters. The van der Waals surface area contributed by atoms with Gasteiger partial charge in [0.1, 0.15) is 18.0 Å². The number of benzene rings is 2. The smallest absolute Gasteiger partial charge is 0.243 e. The molecule has 0 radical (unpaired) electrons. The molecule has 0 spiro atoms. The highest BCUT2D eigenvalue weighted by Crippen LogP contribution is 2.19. The minimum absolute atomic E-state index is 0.178. The highest BCUT2D eigenvalue weighted by Gasteiger charge is 2.28. The maximum atomic E-state index is 13.3. The molecule has 0 saturated carbocycles. The Bertz CT molecular complexity index is 1110. The summed E-state index contributed by atoms with van der Waals surface area (Å²) in [5, 5.41) is 9.43. The molecule has 1 heterocycles. The summed E-state index contributed by atoms with van der Waals surface area (Å²) in [5.74, 6) is -1.22. The van der Waals surface area contributed by atoms with Crippen LogP contribution in [0.1, 0.15) is 31.4 Å². The van der Waals surface area contributed by atoms with Crippen LogP contribution >= 0.6 is 11.6 Å². The summed E-state index contributed by atoms with van der Waals surface area (Å²) in [6.07, 6.45) is 2.56. The summed E-state index contributed by atoms with van der Waals surface area (Å²) in [6, 6.07) is 15.7. The Kier molecular flexibility index (Phi) is 9.10. The molecule has 0 aliphatic heterocycles. The molecular formula is C26H31ClN4O3. The number of carbonyl (C=O) groups excluding carboxylic acids is 3. The highest BCUT2D eigenvalue weighted by molar-refractivity contribution is 6.27. The quantitative estimate of drug-likeness (QED) is 0.315. The predicted molar refractivity (Wildman–Crippen MR) is 134 cm³/mol. The van der Waals surface area contributed by atoms with Crippen LogP contribution in [0.5, 0.6) is 0 Å². The standard InChI is InChI=1S/C26H31ClN4O3/c1-17(2)12-22(25(33)29-15-18-8-4-3-5-9-18)31-26(34)23(30-24(32)14-27)13-19-16-28-21-11-7-6-10-20(19)21/h3-11,16-17,22-23,28H,12-15H2,1-2H3,(H,29,33)(H,30,32)(H,31,34)/t22-,23-/m0/s1. The van der Waals surface area contributed by atoms with E-state index in [1.54, 1.807) is 0 Å². The van der Waals surface area contributed by atoms with Gasteiger partial charge >= 0.3 is 0 Å². The second-order valence-electron chi connectivity index (χ2n) is 8.71. The van der Waals surface area contributed by atoms with E-state index in [1.807, 2.05) is 74.6 Å². The Labute approximate surface area is 204 Å². The first-order valence-electron chi connectivity index (χ1n) is 11.4. The van der Waals surface area contributed by atoms with Crippen molar-refractivity contribution >= 4 is 40.2 Å². The van der Waals surface area contributed by atoms with E-state index in [1.165, 1.54) is 0 Å². The van der Waals surface area contributed by atoms with Crippen LogP contribution in [0.15, 0.2) is 60.8 Å². The molecule has 8 heteroatoms. The van der Waals surface area contributed by atoms with Crippen molar-refractivity contribution in [3.05, 3.63) is 71.9 Å². The van der Waals surface area contributed by atoms with E-state index in [9.17, 15) is 14.4 Å². The fourth-order valence-corrected chi connectivity index (χ4v) is 3.92. The molecule has 7 nitrogen and oxygen atoms in total. The monoisotopic (exact) mass is 482 g/mol. The molecule has 0 saturated heterocycles. The van der Waals surface area contributed by atoms with Crippen molar-refractivity contribution in [3.63, 3.8) is 0 Å². The third-order valence-corrected chi connectivity index (χ3v) is 5.76. The maximum Gasteiger partial charge on any atom is 0.243 e. The second kappa shape index (κ2) is 12.2. The van der Waals surface area contributed by atoms with Crippen molar-refractivity contribution in [3.8, 4) is 0 Å². The van der Waals surface area contributed by atoms with Gasteiger partial charge in [-0.3, -0.25) is 14.4 Å². The number of H-pyrrole nitrogens is 1. The summed E-state index contributed by atoms with van der Waals surface area (Å²) in [6.45, 7) is 4.34. The third kappa shape index (κ3) is 7.09. The van der Waals surface area contributed by atoms with Crippen LogP contribution in [0.3, 0.4) is 0 Å². The first-order chi connectivity index (χ1) is 16.4. The van der Waals surface area contributed by atoms with Crippen LogP contribution in [0, 0.1) is 5.92 Å². The Hall–Kier alpha value is -3.32. The van der Waals surface area contributed by atoms with Crippen molar-refractivity contribution in [1.29, 1.82) is 0 Å². The molecule has 3 aromatic rings. The Morgan fingerprint density at radius 2 is 1.62 bits per heavy atom. The van der Waals surface area contributed by atoms with Gasteiger partial charge < -0.3 is 20.9 Å². The number of fused-ring (bicyclic) bond motifs is 1. The Morgan fingerprint density at radius 3 is 2.32 bits per heavy atom. The van der Waals surface area contributed by atoms with E-state index in [0.717, 1.165) is 22.0 Å². The van der Waals surface area contributed by atoms with E-state index in [0.29, 0.717) is 13.0 Å². The molecule has 3 amide bonds. The number of alkyl halides is 1. The van der Waals surface area contributed by atoms with Gasteiger partial charge in [-0.15, -0.1) is 11.6 Å². The Balaban J connectivity index is 1.74. The number of aromatic nitrogens is 1. The minimum atomic E-state index is -0.873. The van der Waals surface area contributed by atoms with Crippen molar-refractivity contribution < 1.29 is 14.4 Å². The van der Waals surface area contributed by atoms with Gasteiger partial charge in [0.2, 0.25) is 17.7 Å². The van der Waals surface area contributed by atoms with Gasteiger partial charge in [-0.05, 0) is 29.5 Å². The van der Waals surface area contributed by atoms with Gasteiger partial charge in [-0.1, -0.05) is 62.4 Å². The molecule has 0 fully saturated rings. The molecule has 0 aliphatic rings. The normalized spacial score (nSPS) is 12.8. The molecule has 1 aromatic heterocycles. The zero-order chi connectivity index (χ0) is 24.5. The fourth-order valence-electron chi connectivity index (χ4n) is 3.85. The van der Waals surface area contributed by atoms with E-state index in [4.69, 9.17) is 11.6 Å². The molecule has 34 heavy (non-hydrogen) atoms. The zero-order valence-electron chi connectivity index (χ0n) is 19.4. The van der Waals surface area contributed by atoms with Crippen molar-refractivity contribution in [2.75, 3.05) is 5.88 Å². The Morgan fingerprint density at radius 1 is 0.912 bits per heavy atom. The molecule has 180 valence electrons. The maximum absolute atomic E-state index is 13.3. The number of hydrogen-bond donors (Lipinski definition) is 4. The van der Waals surface area contributed by atoms with Gasteiger partial charge in [0.15, 0.2) is 0 Å². The minimum Gasteiger partial charge on any atom is -0.361 e. The highest BCUT2D eigenvalue weighted by atomic mass is 35.5. The van der Waals surface area contributed by atoms with Crippen LogP contribution in [0.25, 0.3) is 10.9 Å². The van der Waals surface area contributed by atoms with E-state index < -0.39 is 23.9 Å². The molecule has 0 unspecified atom stereocenters. The fraction of sp³-hybridized carbons (Fsp3) is 0.346. The SMILES string of the molecule is CC(C)C[C@H](NC(=O)[C@H](Cc1c[nH]c2ccccc12)NC(=O)CCl)C(=O)NCc1ccccc1. The zero-order valence-corrected chi connectivity index (χ0v) is 20.2. The first-order valence-corrected chi connectivity index (χ1v) is 11.9. The number of hydrogen-bond acceptors (Lipinski definition) is 3. The molecule has 2 aromatic carbocycles. The van der Waals surface area contributed by atoms with Crippen molar-refractivity contribution in [1.82, 2.24) is 20.9 Å². The third-order valence-electron chi connectivity index (χ3n) is 5.52. The summed E-state index contributed by atoms with van der Waals surface area (Å²) < 4.78 is 0. The lowest BCUT2D eigenvalue weighted by atomic mass is 10.0. The van der Waals surface area contributed by atoms with Gasteiger partial charge in [0, 0.05) is 30.1 Å². The van der Waals surface area contributed by atoms with Gasteiger partial charge in [0.05, 0.1) is 0 Å². The summed E-state index contributed by atoms with van der Waals surface area (Å²) in [4.78, 5) is 41.5. The molecule has 0 bridgehead atoms. The van der Waals surface area contributed by atoms with Crippen LogP contribution in [0.2, 0.25) is 0 Å². The lowest BCUT2D eigenvalue weighted by molar-refractivity contribution is -0.132. The summed E-state index contributed by atoms with van der Waals surface area (Å²) in [5.41, 5.74) is 2.80. The topological polar surface area (TPSA) is 103 Å². The van der Waals surface area contributed by atoms with Crippen LogP contribution in [0.4, 0.5) is 0 Å². The number of para-hydroxylation sites is 1. The lowest BCUT2D eigenvalue weighted by Gasteiger charge is -2.24. The lowest BCUT2D eigenvalue weighted by Crippen LogP contribution is -2.54. The van der Waals surface area contributed by atoms with E-state index in [-0.39, 0.29) is 24.1 Å². The average molecular weight is 483 g/mol. The van der Waals surface area contributed by atoms with Gasteiger partial charge in [-0.2, -0.15) is 0 Å². The molecule has 4 N–H and O–H groups in total. The van der Waals surface area contributed by atoms with Crippen LogP contribution < -0.4 is 16.0 Å². The number of carbonyl (C=O) groups is 3. The van der Waals surface area contributed by atoms with Crippen LogP contribution in [-0.2, 0) is 27.3 Å². The number of aromatic amines is 1. The van der Waals surface area contributed by atoms with Gasteiger partial charge in [-0.25, -0.2) is 0 Å². The first kappa shape index (κ1) is 25.3.